The van der Waals surface area contributed by atoms with Gasteiger partial charge in [0, 0.05) is 30.2 Å². The molecule has 1 fully saturated rings. The van der Waals surface area contributed by atoms with E-state index in [1.54, 1.807) is 17.1 Å². The molecule has 136 valence electrons. The molecule has 1 saturated carbocycles. The summed E-state index contributed by atoms with van der Waals surface area (Å²) < 4.78 is 13.5. The zero-order valence-corrected chi connectivity index (χ0v) is 15.1. The highest BCUT2D eigenvalue weighted by atomic mass is 19.1. The number of carbonyl (C=O) groups excluding carboxylic acids is 1. The molecular weight excluding hydrogens is 319 g/mol. The zero-order chi connectivity index (χ0) is 18.0. The third-order valence-corrected chi connectivity index (χ3v) is 4.99. The predicted octanol–water partition coefficient (Wildman–Crippen LogP) is 2.76. The molecule has 0 aliphatic heterocycles. The Hall–Kier alpha value is -1.92. The average molecular weight is 346 g/mol. The third kappa shape index (κ3) is 3.85. The Morgan fingerprint density at radius 1 is 1.44 bits per heavy atom. The summed E-state index contributed by atoms with van der Waals surface area (Å²) in [5, 5.41) is 5.98. The lowest BCUT2D eigenvalue weighted by molar-refractivity contribution is -0.136. The van der Waals surface area contributed by atoms with Gasteiger partial charge >= 0.3 is 0 Å². The van der Waals surface area contributed by atoms with E-state index in [-0.39, 0.29) is 17.8 Å². The van der Waals surface area contributed by atoms with Gasteiger partial charge in [-0.3, -0.25) is 9.80 Å². The number of carbonyl (C=O) groups is 1. The van der Waals surface area contributed by atoms with Crippen LogP contribution in [0.3, 0.4) is 0 Å². The van der Waals surface area contributed by atoms with Crippen LogP contribution in [-0.4, -0.2) is 41.6 Å². The molecule has 0 saturated heterocycles. The van der Waals surface area contributed by atoms with Crippen LogP contribution in [0.25, 0.3) is 10.9 Å². The van der Waals surface area contributed by atoms with E-state index in [4.69, 9.17) is 0 Å². The number of hydrazine groups is 1. The molecule has 0 radical (unpaired) electrons. The van der Waals surface area contributed by atoms with E-state index in [1.807, 2.05) is 27.0 Å². The molecule has 3 atom stereocenters. The lowest BCUT2D eigenvalue weighted by Gasteiger charge is -2.25. The average Bonchev–Trinajstić information content (AvgIpc) is 3.26. The standard InChI is InChI=1S/C19H27FN4O/c1-4-23-24(5-2)19(25)12(3)21-10-13-8-15(13)17-11-22-18-7-6-14(20)9-16(17)18/h6-7,9,11-13,15,21-23H,4-5,8,10H2,1-3H3. The van der Waals surface area contributed by atoms with Gasteiger partial charge in [-0.25, -0.2) is 9.82 Å². The quantitative estimate of drug-likeness (QED) is 0.644. The van der Waals surface area contributed by atoms with Crippen molar-refractivity contribution in [3.8, 4) is 0 Å². The molecule has 6 heteroatoms. The van der Waals surface area contributed by atoms with Crippen molar-refractivity contribution in [1.82, 2.24) is 20.7 Å². The van der Waals surface area contributed by atoms with Crippen LogP contribution in [-0.2, 0) is 4.79 Å². The van der Waals surface area contributed by atoms with Crippen molar-refractivity contribution in [3.63, 3.8) is 0 Å². The largest absolute Gasteiger partial charge is 0.361 e. The first-order valence-corrected chi connectivity index (χ1v) is 9.09. The SMILES string of the molecule is CCNN(CC)C(=O)C(C)NCC1CC1c1c[nH]c2ccc(F)cc12. The minimum atomic E-state index is -0.222. The molecule has 1 heterocycles. The highest BCUT2D eigenvalue weighted by Gasteiger charge is 2.39. The van der Waals surface area contributed by atoms with Crippen LogP contribution in [0.4, 0.5) is 4.39 Å². The van der Waals surface area contributed by atoms with Gasteiger partial charge in [-0.05, 0) is 62.4 Å². The highest BCUT2D eigenvalue weighted by molar-refractivity contribution is 5.84. The number of nitrogens with zero attached hydrogens (tertiary/aromatic N) is 1. The molecule has 0 spiro atoms. The number of halogens is 1. The van der Waals surface area contributed by atoms with Crippen molar-refractivity contribution in [2.75, 3.05) is 19.6 Å². The van der Waals surface area contributed by atoms with Crippen LogP contribution in [0.1, 0.15) is 38.7 Å². The summed E-state index contributed by atoms with van der Waals surface area (Å²) in [7, 11) is 0. The Labute approximate surface area is 147 Å². The first-order valence-electron chi connectivity index (χ1n) is 9.09. The highest BCUT2D eigenvalue weighted by Crippen LogP contribution is 2.49. The number of amides is 1. The molecule has 1 aromatic heterocycles. The van der Waals surface area contributed by atoms with Gasteiger partial charge < -0.3 is 10.3 Å². The van der Waals surface area contributed by atoms with Crippen molar-refractivity contribution in [3.05, 3.63) is 35.8 Å². The molecule has 1 amide bonds. The molecular formula is C19H27FN4O. The Bertz CT molecular complexity index is 744. The van der Waals surface area contributed by atoms with Gasteiger partial charge in [0.25, 0.3) is 5.91 Å². The molecule has 2 aromatic rings. The third-order valence-electron chi connectivity index (χ3n) is 4.99. The first kappa shape index (κ1) is 17.9. The normalized spacial score (nSPS) is 20.6. The predicted molar refractivity (Wildman–Crippen MR) is 97.6 cm³/mol. The van der Waals surface area contributed by atoms with Crippen molar-refractivity contribution in [2.24, 2.45) is 5.92 Å². The van der Waals surface area contributed by atoms with Gasteiger partial charge in [-0.1, -0.05) is 6.92 Å². The summed E-state index contributed by atoms with van der Waals surface area (Å²) in [5.74, 6) is 0.787. The maximum absolute atomic E-state index is 13.5. The zero-order valence-electron chi connectivity index (χ0n) is 15.1. The Balaban J connectivity index is 1.56. The number of benzene rings is 1. The van der Waals surface area contributed by atoms with Crippen LogP contribution >= 0.6 is 0 Å². The van der Waals surface area contributed by atoms with Crippen LogP contribution in [0.2, 0.25) is 0 Å². The molecule has 0 bridgehead atoms. The molecule has 3 unspecified atom stereocenters. The lowest BCUT2D eigenvalue weighted by Crippen LogP contribution is -2.51. The molecule has 3 N–H and O–H groups in total. The van der Waals surface area contributed by atoms with E-state index < -0.39 is 0 Å². The molecule has 25 heavy (non-hydrogen) atoms. The van der Waals surface area contributed by atoms with Crippen molar-refractivity contribution in [1.29, 1.82) is 0 Å². The van der Waals surface area contributed by atoms with Crippen LogP contribution in [0.5, 0.6) is 0 Å². The van der Waals surface area contributed by atoms with Crippen LogP contribution in [0.15, 0.2) is 24.4 Å². The number of nitrogens with one attached hydrogen (secondary N) is 3. The summed E-state index contributed by atoms with van der Waals surface area (Å²) in [5.41, 5.74) is 5.24. The first-order chi connectivity index (χ1) is 12.0. The number of hydrogen-bond donors (Lipinski definition) is 3. The summed E-state index contributed by atoms with van der Waals surface area (Å²) in [6.45, 7) is 8.01. The molecule has 5 nitrogen and oxygen atoms in total. The topological polar surface area (TPSA) is 60.2 Å². The van der Waals surface area contributed by atoms with Crippen molar-refractivity contribution < 1.29 is 9.18 Å². The smallest absolute Gasteiger partial charge is 0.253 e. The van der Waals surface area contributed by atoms with E-state index in [0.29, 0.717) is 18.4 Å². The summed E-state index contributed by atoms with van der Waals surface area (Å²) in [6.07, 6.45) is 3.06. The van der Waals surface area contributed by atoms with E-state index >= 15 is 0 Å². The molecule has 3 rings (SSSR count). The van der Waals surface area contributed by atoms with Gasteiger partial charge in [0.05, 0.1) is 6.04 Å². The van der Waals surface area contributed by atoms with Gasteiger partial charge in [0.15, 0.2) is 0 Å². The van der Waals surface area contributed by atoms with Gasteiger partial charge in [0.2, 0.25) is 0 Å². The number of likely N-dealkylation sites (N-methyl/N-ethyl adjacent to an activating group) is 1. The number of rotatable bonds is 8. The summed E-state index contributed by atoms with van der Waals surface area (Å²) in [6, 6.07) is 4.64. The van der Waals surface area contributed by atoms with E-state index in [0.717, 1.165) is 30.4 Å². The molecule has 1 aromatic carbocycles. The monoisotopic (exact) mass is 346 g/mol. The van der Waals surface area contributed by atoms with Gasteiger partial charge in [-0.2, -0.15) is 0 Å². The number of hydrogen-bond acceptors (Lipinski definition) is 3. The Kier molecular flexibility index (Phi) is 5.39. The second kappa shape index (κ2) is 7.54. The number of aromatic amines is 1. The summed E-state index contributed by atoms with van der Waals surface area (Å²) >= 11 is 0. The van der Waals surface area contributed by atoms with Crippen molar-refractivity contribution in [2.45, 2.75) is 39.2 Å². The molecule has 1 aliphatic carbocycles. The fourth-order valence-electron chi connectivity index (χ4n) is 3.46. The Morgan fingerprint density at radius 2 is 2.24 bits per heavy atom. The van der Waals surface area contributed by atoms with E-state index in [1.165, 1.54) is 11.6 Å². The second-order valence-corrected chi connectivity index (χ2v) is 6.76. The van der Waals surface area contributed by atoms with Crippen LogP contribution in [0, 0.1) is 11.7 Å². The fourth-order valence-corrected chi connectivity index (χ4v) is 3.46. The Morgan fingerprint density at radius 3 is 2.96 bits per heavy atom. The maximum atomic E-state index is 13.5. The van der Waals surface area contributed by atoms with Gasteiger partial charge in [0.1, 0.15) is 5.82 Å². The number of fused-ring (bicyclic) bond motifs is 1. The van der Waals surface area contributed by atoms with E-state index in [9.17, 15) is 9.18 Å². The second-order valence-electron chi connectivity index (χ2n) is 6.76. The van der Waals surface area contributed by atoms with Crippen LogP contribution < -0.4 is 10.7 Å². The molecule has 1 aliphatic rings. The minimum absolute atomic E-state index is 0.0655. The minimum Gasteiger partial charge on any atom is -0.361 e. The summed E-state index contributed by atoms with van der Waals surface area (Å²) in [4.78, 5) is 15.6. The lowest BCUT2D eigenvalue weighted by atomic mass is 10.1. The fraction of sp³-hybridized carbons (Fsp3) is 0.526. The van der Waals surface area contributed by atoms with E-state index in [2.05, 4.69) is 15.7 Å². The van der Waals surface area contributed by atoms with Gasteiger partial charge in [-0.15, -0.1) is 0 Å². The number of aromatic nitrogens is 1. The number of H-pyrrole nitrogens is 1. The van der Waals surface area contributed by atoms with Crippen molar-refractivity contribution >= 4 is 16.8 Å². The maximum Gasteiger partial charge on any atom is 0.253 e.